The molecular formula is C15H13N3. The minimum atomic E-state index is 0.737. The zero-order valence-electron chi connectivity index (χ0n) is 9.80. The second-order valence-electron chi connectivity index (χ2n) is 4.18. The van der Waals surface area contributed by atoms with E-state index in [9.17, 15) is 0 Å². The molecule has 0 fully saturated rings. The number of hydrazone groups is 1. The molecule has 1 aliphatic rings. The van der Waals surface area contributed by atoms with Gasteiger partial charge in [-0.1, -0.05) is 54.6 Å². The zero-order chi connectivity index (χ0) is 12.5. The third kappa shape index (κ3) is 1.41. The Kier molecular flexibility index (Phi) is 2.38. The van der Waals surface area contributed by atoms with E-state index in [1.54, 1.807) is 0 Å². The SMILES string of the molecule is NN=C1C(c2ccccc2)=C(N)c2ccccc21. The Morgan fingerprint density at radius 3 is 2.06 bits per heavy atom. The number of allylic oxidation sites excluding steroid dienone is 1. The molecule has 0 amide bonds. The van der Waals surface area contributed by atoms with E-state index >= 15 is 0 Å². The first-order valence-electron chi connectivity index (χ1n) is 5.76. The molecule has 2 aromatic rings. The van der Waals surface area contributed by atoms with Crippen molar-refractivity contribution in [1.29, 1.82) is 0 Å². The Balaban J connectivity index is 2.26. The fraction of sp³-hybridized carbons (Fsp3) is 0. The third-order valence-corrected chi connectivity index (χ3v) is 3.17. The van der Waals surface area contributed by atoms with Gasteiger partial charge in [0.1, 0.15) is 5.71 Å². The molecule has 3 nitrogen and oxygen atoms in total. The summed E-state index contributed by atoms with van der Waals surface area (Å²) in [5, 5.41) is 3.92. The molecule has 0 heterocycles. The molecule has 0 atom stereocenters. The Morgan fingerprint density at radius 1 is 0.778 bits per heavy atom. The highest BCUT2D eigenvalue weighted by molar-refractivity contribution is 6.41. The van der Waals surface area contributed by atoms with Gasteiger partial charge in [-0.05, 0) is 5.56 Å². The number of fused-ring (bicyclic) bond motifs is 1. The molecule has 0 saturated carbocycles. The van der Waals surface area contributed by atoms with Crippen molar-refractivity contribution in [2.24, 2.45) is 16.7 Å². The van der Waals surface area contributed by atoms with Crippen LogP contribution in [-0.4, -0.2) is 5.71 Å². The maximum Gasteiger partial charge on any atom is 0.100 e. The average molecular weight is 235 g/mol. The molecule has 18 heavy (non-hydrogen) atoms. The van der Waals surface area contributed by atoms with E-state index in [0.29, 0.717) is 0 Å². The predicted molar refractivity (Wildman–Crippen MR) is 74.6 cm³/mol. The molecule has 3 rings (SSSR count). The van der Waals surface area contributed by atoms with Crippen molar-refractivity contribution in [1.82, 2.24) is 0 Å². The highest BCUT2D eigenvalue weighted by Gasteiger charge is 2.26. The molecule has 0 saturated heterocycles. The van der Waals surface area contributed by atoms with Crippen LogP contribution >= 0.6 is 0 Å². The minimum absolute atomic E-state index is 0.737. The van der Waals surface area contributed by atoms with Gasteiger partial charge in [-0.15, -0.1) is 0 Å². The molecule has 2 aromatic carbocycles. The number of hydrogen-bond donors (Lipinski definition) is 2. The standard InChI is InChI=1S/C15H13N3/c16-14-11-8-4-5-9-12(11)15(18-17)13(14)10-6-2-1-3-7-10/h1-9H,16-17H2. The molecule has 4 N–H and O–H groups in total. The van der Waals surface area contributed by atoms with Gasteiger partial charge < -0.3 is 11.6 Å². The smallest absolute Gasteiger partial charge is 0.100 e. The fourth-order valence-electron chi connectivity index (χ4n) is 2.35. The summed E-state index contributed by atoms with van der Waals surface area (Å²) in [5.74, 6) is 5.54. The van der Waals surface area contributed by atoms with Gasteiger partial charge in [-0.25, -0.2) is 0 Å². The Morgan fingerprint density at radius 2 is 1.39 bits per heavy atom. The summed E-state index contributed by atoms with van der Waals surface area (Å²) >= 11 is 0. The Hall–Kier alpha value is -2.55. The third-order valence-electron chi connectivity index (χ3n) is 3.17. The van der Waals surface area contributed by atoms with Crippen LogP contribution in [0.2, 0.25) is 0 Å². The van der Waals surface area contributed by atoms with Crippen LogP contribution in [0.5, 0.6) is 0 Å². The van der Waals surface area contributed by atoms with Crippen molar-refractivity contribution in [2.45, 2.75) is 0 Å². The van der Waals surface area contributed by atoms with Gasteiger partial charge in [0.25, 0.3) is 0 Å². The summed E-state index contributed by atoms with van der Waals surface area (Å²) < 4.78 is 0. The van der Waals surface area contributed by atoms with E-state index < -0.39 is 0 Å². The highest BCUT2D eigenvalue weighted by Crippen LogP contribution is 2.35. The van der Waals surface area contributed by atoms with Crippen LogP contribution in [-0.2, 0) is 0 Å². The van der Waals surface area contributed by atoms with Gasteiger partial charge in [-0.3, -0.25) is 0 Å². The van der Waals surface area contributed by atoms with Crippen molar-refractivity contribution in [3.8, 4) is 0 Å². The summed E-state index contributed by atoms with van der Waals surface area (Å²) in [4.78, 5) is 0. The van der Waals surface area contributed by atoms with Gasteiger partial charge in [0.2, 0.25) is 0 Å². The van der Waals surface area contributed by atoms with E-state index in [4.69, 9.17) is 11.6 Å². The monoisotopic (exact) mass is 235 g/mol. The van der Waals surface area contributed by atoms with Gasteiger partial charge in [0.15, 0.2) is 0 Å². The molecule has 0 unspecified atom stereocenters. The largest absolute Gasteiger partial charge is 0.398 e. The molecule has 0 aliphatic heterocycles. The van der Waals surface area contributed by atoms with E-state index in [-0.39, 0.29) is 0 Å². The number of nitrogens with two attached hydrogens (primary N) is 2. The fourth-order valence-corrected chi connectivity index (χ4v) is 2.35. The lowest BCUT2D eigenvalue weighted by Crippen LogP contribution is -2.04. The van der Waals surface area contributed by atoms with Crippen LogP contribution in [0, 0.1) is 0 Å². The quantitative estimate of drug-likeness (QED) is 0.588. The number of benzene rings is 2. The number of hydrogen-bond acceptors (Lipinski definition) is 3. The van der Waals surface area contributed by atoms with Crippen LogP contribution in [0.15, 0.2) is 59.7 Å². The van der Waals surface area contributed by atoms with Crippen LogP contribution in [0.3, 0.4) is 0 Å². The molecule has 0 spiro atoms. The maximum absolute atomic E-state index is 6.23. The second-order valence-corrected chi connectivity index (χ2v) is 4.18. The molecule has 88 valence electrons. The lowest BCUT2D eigenvalue weighted by molar-refractivity contribution is 1.25. The zero-order valence-corrected chi connectivity index (χ0v) is 9.80. The Labute approximate surface area is 105 Å². The summed E-state index contributed by atoms with van der Waals surface area (Å²) in [6, 6.07) is 17.9. The first-order chi connectivity index (χ1) is 8.83. The summed E-state index contributed by atoms with van der Waals surface area (Å²) in [5.41, 5.74) is 11.7. The molecule has 0 aromatic heterocycles. The number of rotatable bonds is 1. The van der Waals surface area contributed by atoms with E-state index in [0.717, 1.165) is 33.7 Å². The molecule has 0 bridgehead atoms. The molecule has 0 radical (unpaired) electrons. The van der Waals surface area contributed by atoms with Gasteiger partial charge in [0.05, 0.1) is 0 Å². The molecular weight excluding hydrogens is 222 g/mol. The van der Waals surface area contributed by atoms with Crippen molar-refractivity contribution in [2.75, 3.05) is 0 Å². The van der Waals surface area contributed by atoms with Crippen molar-refractivity contribution in [3.05, 3.63) is 71.3 Å². The van der Waals surface area contributed by atoms with Crippen molar-refractivity contribution < 1.29 is 0 Å². The number of nitrogens with zero attached hydrogens (tertiary/aromatic N) is 1. The average Bonchev–Trinajstić information content (AvgIpc) is 2.73. The topological polar surface area (TPSA) is 64.4 Å². The first-order valence-corrected chi connectivity index (χ1v) is 5.76. The van der Waals surface area contributed by atoms with Crippen molar-refractivity contribution >= 4 is 17.0 Å². The van der Waals surface area contributed by atoms with E-state index in [2.05, 4.69) is 5.10 Å². The second kappa shape index (κ2) is 4.04. The first kappa shape index (κ1) is 10.6. The Bertz CT molecular complexity index is 654. The van der Waals surface area contributed by atoms with Gasteiger partial charge >= 0.3 is 0 Å². The molecule has 3 heteroatoms. The van der Waals surface area contributed by atoms with E-state index in [1.165, 1.54) is 0 Å². The van der Waals surface area contributed by atoms with Crippen molar-refractivity contribution in [3.63, 3.8) is 0 Å². The van der Waals surface area contributed by atoms with Crippen LogP contribution < -0.4 is 11.6 Å². The van der Waals surface area contributed by atoms with Gasteiger partial charge in [0, 0.05) is 22.4 Å². The summed E-state index contributed by atoms with van der Waals surface area (Å²) in [6.07, 6.45) is 0. The summed E-state index contributed by atoms with van der Waals surface area (Å²) in [6.45, 7) is 0. The van der Waals surface area contributed by atoms with Gasteiger partial charge in [-0.2, -0.15) is 5.10 Å². The van der Waals surface area contributed by atoms with E-state index in [1.807, 2.05) is 54.6 Å². The van der Waals surface area contributed by atoms with Crippen LogP contribution in [0.4, 0.5) is 0 Å². The lowest BCUT2D eigenvalue weighted by atomic mass is 10.0. The van der Waals surface area contributed by atoms with Crippen LogP contribution in [0.25, 0.3) is 11.3 Å². The lowest BCUT2D eigenvalue weighted by Gasteiger charge is -2.05. The maximum atomic E-state index is 6.23. The minimum Gasteiger partial charge on any atom is -0.398 e. The van der Waals surface area contributed by atoms with Crippen LogP contribution in [0.1, 0.15) is 16.7 Å². The summed E-state index contributed by atoms with van der Waals surface area (Å²) in [7, 11) is 0. The normalized spacial score (nSPS) is 16.1. The highest BCUT2D eigenvalue weighted by atomic mass is 15.1. The molecule has 1 aliphatic carbocycles. The predicted octanol–water partition coefficient (Wildman–Crippen LogP) is 2.19.